The minimum atomic E-state index is 0.778. The van der Waals surface area contributed by atoms with E-state index in [1.54, 1.807) is 0 Å². The van der Waals surface area contributed by atoms with Gasteiger partial charge in [-0.25, -0.2) is 0 Å². The number of allylic oxidation sites excluding steroid dienone is 2. The first-order valence-corrected chi connectivity index (χ1v) is 3.49. The van der Waals surface area contributed by atoms with E-state index in [-0.39, 0.29) is 0 Å². The Morgan fingerprint density at radius 2 is 1.89 bits per heavy atom. The van der Waals surface area contributed by atoms with Crippen LogP contribution in [0.2, 0.25) is 0 Å². The van der Waals surface area contributed by atoms with E-state index in [2.05, 4.69) is 6.92 Å². The first-order valence-electron chi connectivity index (χ1n) is 3.49. The second-order valence-electron chi connectivity index (χ2n) is 2.00. The van der Waals surface area contributed by atoms with E-state index in [1.807, 2.05) is 19.9 Å². The molecule has 0 saturated heterocycles. The Balaban J connectivity index is 3.97. The average molecular weight is 125 g/mol. The summed E-state index contributed by atoms with van der Waals surface area (Å²) in [7, 11) is 0. The fraction of sp³-hybridized carbons (Fsp3) is 0.625. The van der Waals surface area contributed by atoms with Crippen LogP contribution < -0.4 is 0 Å². The molecular weight excluding hydrogens is 110 g/mol. The maximum absolute atomic E-state index is 7.43. The van der Waals surface area contributed by atoms with E-state index < -0.39 is 0 Å². The van der Waals surface area contributed by atoms with Gasteiger partial charge in [-0.15, -0.1) is 0 Å². The lowest BCUT2D eigenvalue weighted by atomic mass is 10.1. The van der Waals surface area contributed by atoms with Gasteiger partial charge in [0.25, 0.3) is 0 Å². The third-order valence-corrected chi connectivity index (χ3v) is 1.47. The molecule has 0 heterocycles. The molecule has 52 valence electrons. The smallest absolute Gasteiger partial charge is 0.0339 e. The Bertz CT molecular complexity index is 123. The molecule has 0 unspecified atom stereocenters. The summed E-state index contributed by atoms with van der Waals surface area (Å²) in [6, 6.07) is 0. The molecule has 0 bridgehead atoms. The summed E-state index contributed by atoms with van der Waals surface area (Å²) in [4.78, 5) is 0. The summed E-state index contributed by atoms with van der Waals surface area (Å²) in [6.07, 6.45) is 3.86. The number of rotatable bonds is 3. The summed E-state index contributed by atoms with van der Waals surface area (Å²) in [6.45, 7) is 6.09. The van der Waals surface area contributed by atoms with Crippen LogP contribution in [-0.2, 0) is 0 Å². The molecule has 1 heteroatoms. The SMILES string of the molecule is C/C=C(\CC)C(=N)CC. The van der Waals surface area contributed by atoms with E-state index in [0.29, 0.717) is 0 Å². The van der Waals surface area contributed by atoms with Crippen LogP contribution >= 0.6 is 0 Å². The zero-order chi connectivity index (χ0) is 7.28. The summed E-state index contributed by atoms with van der Waals surface area (Å²) in [5.74, 6) is 0. The molecule has 0 spiro atoms. The summed E-state index contributed by atoms with van der Waals surface area (Å²) in [5.41, 5.74) is 1.96. The van der Waals surface area contributed by atoms with Gasteiger partial charge in [0.2, 0.25) is 0 Å². The Morgan fingerprint density at radius 1 is 1.33 bits per heavy atom. The molecule has 0 aromatic rings. The fourth-order valence-corrected chi connectivity index (χ4v) is 0.819. The second kappa shape index (κ2) is 4.30. The Hall–Kier alpha value is -0.590. The normalized spacial score (nSPS) is 11.7. The van der Waals surface area contributed by atoms with Crippen LogP contribution in [0.15, 0.2) is 11.6 Å². The molecule has 0 radical (unpaired) electrons. The Labute approximate surface area is 57.3 Å². The lowest BCUT2D eigenvalue weighted by molar-refractivity contribution is 1.11. The van der Waals surface area contributed by atoms with Crippen molar-refractivity contribution in [3.8, 4) is 0 Å². The Kier molecular flexibility index (Phi) is 4.02. The molecule has 1 nitrogen and oxygen atoms in total. The zero-order valence-corrected chi connectivity index (χ0v) is 6.49. The summed E-state index contributed by atoms with van der Waals surface area (Å²) >= 11 is 0. The van der Waals surface area contributed by atoms with Crippen molar-refractivity contribution in [3.63, 3.8) is 0 Å². The predicted molar refractivity (Wildman–Crippen MR) is 42.1 cm³/mol. The minimum Gasteiger partial charge on any atom is -0.305 e. The molecular formula is C8H15N. The van der Waals surface area contributed by atoms with E-state index in [1.165, 1.54) is 5.57 Å². The van der Waals surface area contributed by atoms with Crippen molar-refractivity contribution in [3.05, 3.63) is 11.6 Å². The topological polar surface area (TPSA) is 23.9 Å². The molecule has 0 aliphatic heterocycles. The summed E-state index contributed by atoms with van der Waals surface area (Å²) in [5, 5.41) is 7.43. The molecule has 1 N–H and O–H groups in total. The van der Waals surface area contributed by atoms with Gasteiger partial charge in [0.15, 0.2) is 0 Å². The molecule has 0 saturated carbocycles. The third-order valence-electron chi connectivity index (χ3n) is 1.47. The molecule has 0 aliphatic carbocycles. The van der Waals surface area contributed by atoms with E-state index in [9.17, 15) is 0 Å². The van der Waals surface area contributed by atoms with Crippen molar-refractivity contribution < 1.29 is 0 Å². The van der Waals surface area contributed by atoms with Crippen LogP contribution in [-0.4, -0.2) is 5.71 Å². The molecule has 0 aromatic heterocycles. The second-order valence-corrected chi connectivity index (χ2v) is 2.00. The van der Waals surface area contributed by atoms with Crippen LogP contribution in [0.25, 0.3) is 0 Å². The van der Waals surface area contributed by atoms with Crippen LogP contribution in [0.4, 0.5) is 0 Å². The van der Waals surface area contributed by atoms with Gasteiger partial charge in [0, 0.05) is 5.71 Å². The van der Waals surface area contributed by atoms with Crippen molar-refractivity contribution in [2.24, 2.45) is 0 Å². The van der Waals surface area contributed by atoms with Crippen molar-refractivity contribution in [2.45, 2.75) is 33.6 Å². The van der Waals surface area contributed by atoms with Crippen LogP contribution in [0.3, 0.4) is 0 Å². The van der Waals surface area contributed by atoms with E-state index in [4.69, 9.17) is 5.41 Å². The largest absolute Gasteiger partial charge is 0.305 e. The zero-order valence-electron chi connectivity index (χ0n) is 6.49. The van der Waals surface area contributed by atoms with Crippen molar-refractivity contribution in [1.29, 1.82) is 5.41 Å². The van der Waals surface area contributed by atoms with Gasteiger partial charge in [0.1, 0.15) is 0 Å². The van der Waals surface area contributed by atoms with Crippen LogP contribution in [0.5, 0.6) is 0 Å². The lowest BCUT2D eigenvalue weighted by Gasteiger charge is -2.00. The molecule has 0 amide bonds. The molecule has 0 aromatic carbocycles. The third kappa shape index (κ3) is 2.45. The molecule has 0 fully saturated rings. The fourth-order valence-electron chi connectivity index (χ4n) is 0.819. The molecule has 9 heavy (non-hydrogen) atoms. The highest BCUT2D eigenvalue weighted by atomic mass is 14.4. The van der Waals surface area contributed by atoms with Gasteiger partial charge < -0.3 is 5.41 Å². The first kappa shape index (κ1) is 8.41. The molecule has 0 atom stereocenters. The highest BCUT2D eigenvalue weighted by molar-refractivity contribution is 5.97. The maximum atomic E-state index is 7.43. The molecule has 0 aliphatic rings. The van der Waals surface area contributed by atoms with Gasteiger partial charge in [-0.1, -0.05) is 19.9 Å². The highest BCUT2D eigenvalue weighted by Crippen LogP contribution is 2.03. The van der Waals surface area contributed by atoms with E-state index >= 15 is 0 Å². The number of hydrogen-bond acceptors (Lipinski definition) is 1. The van der Waals surface area contributed by atoms with E-state index in [0.717, 1.165) is 18.6 Å². The first-order chi connectivity index (χ1) is 4.26. The van der Waals surface area contributed by atoms with Crippen molar-refractivity contribution in [2.75, 3.05) is 0 Å². The van der Waals surface area contributed by atoms with Crippen LogP contribution in [0.1, 0.15) is 33.6 Å². The van der Waals surface area contributed by atoms with Gasteiger partial charge in [0.05, 0.1) is 0 Å². The number of hydrogen-bond donors (Lipinski definition) is 1. The lowest BCUT2D eigenvalue weighted by Crippen LogP contribution is -1.96. The quantitative estimate of drug-likeness (QED) is 0.561. The number of nitrogens with one attached hydrogen (secondary N) is 1. The Morgan fingerprint density at radius 3 is 2.00 bits per heavy atom. The maximum Gasteiger partial charge on any atom is 0.0339 e. The van der Waals surface area contributed by atoms with Crippen molar-refractivity contribution in [1.82, 2.24) is 0 Å². The predicted octanol–water partition coefficient (Wildman–Crippen LogP) is 2.77. The van der Waals surface area contributed by atoms with Gasteiger partial charge in [-0.2, -0.15) is 0 Å². The monoisotopic (exact) mass is 125 g/mol. The van der Waals surface area contributed by atoms with Gasteiger partial charge in [-0.3, -0.25) is 0 Å². The van der Waals surface area contributed by atoms with Crippen molar-refractivity contribution >= 4 is 5.71 Å². The standard InChI is InChI=1S/C8H15N/c1-4-7(5-2)8(9)6-3/h4,9H,5-6H2,1-3H3/b7-4+,9-8?. The average Bonchev–Trinajstić information content (AvgIpc) is 1.90. The minimum absolute atomic E-state index is 0.778. The van der Waals surface area contributed by atoms with Gasteiger partial charge >= 0.3 is 0 Å². The summed E-state index contributed by atoms with van der Waals surface area (Å²) < 4.78 is 0. The van der Waals surface area contributed by atoms with Gasteiger partial charge in [-0.05, 0) is 25.3 Å². The molecule has 0 rings (SSSR count). The van der Waals surface area contributed by atoms with Crippen LogP contribution in [0, 0.1) is 5.41 Å². The highest BCUT2D eigenvalue weighted by Gasteiger charge is 1.96.